The summed E-state index contributed by atoms with van der Waals surface area (Å²) in [5, 5.41) is 20.4. The van der Waals surface area contributed by atoms with Crippen LogP contribution in [0.15, 0.2) is 43.1 Å². The highest BCUT2D eigenvalue weighted by Crippen LogP contribution is 2.32. The van der Waals surface area contributed by atoms with Gasteiger partial charge in [-0.05, 0) is 35.9 Å². The molecule has 1 atom stereocenters. The van der Waals surface area contributed by atoms with Gasteiger partial charge in [0.05, 0.1) is 23.9 Å². The van der Waals surface area contributed by atoms with Gasteiger partial charge in [0.2, 0.25) is 23.7 Å². The fraction of sp³-hybridized carbons (Fsp3) is 0.261. The molecule has 0 spiro atoms. The largest absolute Gasteiger partial charge is 0.338 e. The average Bonchev–Trinajstić information content (AvgIpc) is 2.83. The predicted octanol–water partition coefficient (Wildman–Crippen LogP) is 2.46. The number of rotatable bonds is 6. The van der Waals surface area contributed by atoms with Gasteiger partial charge < -0.3 is 9.80 Å². The topological polar surface area (TPSA) is 143 Å². The molecule has 10 nitrogen and oxygen atoms in total. The van der Waals surface area contributed by atoms with E-state index < -0.39 is 11.9 Å². The van der Waals surface area contributed by atoms with Crippen molar-refractivity contribution in [3.63, 3.8) is 0 Å². The van der Waals surface area contributed by atoms with Gasteiger partial charge in [0.1, 0.15) is 12.8 Å². The first-order chi connectivity index (χ1) is 16.4. The van der Waals surface area contributed by atoms with Gasteiger partial charge >= 0.3 is 0 Å². The van der Waals surface area contributed by atoms with E-state index in [2.05, 4.69) is 21.9 Å². The maximum absolute atomic E-state index is 12.5. The molecule has 172 valence electrons. The molecule has 3 rings (SSSR count). The number of anilines is 1. The number of hydrogen-bond donors (Lipinski definition) is 1. The summed E-state index contributed by atoms with van der Waals surface area (Å²) in [7, 11) is 0. The lowest BCUT2D eigenvalue weighted by atomic mass is 9.98. The lowest BCUT2D eigenvalue weighted by Crippen LogP contribution is -2.52. The second kappa shape index (κ2) is 11.0. The van der Waals surface area contributed by atoms with Gasteiger partial charge in [0.25, 0.3) is 0 Å². The fourth-order valence-electron chi connectivity index (χ4n) is 3.63. The number of nitrogens with one attached hydrogen (secondary N) is 1. The Balaban J connectivity index is 1.97. The van der Waals surface area contributed by atoms with E-state index in [0.717, 1.165) is 0 Å². The molecule has 3 amide bonds. The summed E-state index contributed by atoms with van der Waals surface area (Å²) in [4.78, 5) is 48.0. The molecule has 0 bridgehead atoms. The third-order valence-corrected chi connectivity index (χ3v) is 5.39. The minimum Gasteiger partial charge on any atom is -0.338 e. The van der Waals surface area contributed by atoms with Crippen LogP contribution in [0.1, 0.15) is 24.4 Å². The Labute approximate surface area is 201 Å². The molecule has 1 N–H and O–H groups in total. The predicted molar refractivity (Wildman–Crippen MR) is 123 cm³/mol. The molecule has 1 aliphatic rings. The van der Waals surface area contributed by atoms with Gasteiger partial charge in [0, 0.05) is 36.4 Å². The lowest BCUT2D eigenvalue weighted by Gasteiger charge is -2.41. The van der Waals surface area contributed by atoms with Crippen LogP contribution in [0.3, 0.4) is 0 Å². The Morgan fingerprint density at radius 2 is 1.97 bits per heavy atom. The highest BCUT2D eigenvalue weighted by Gasteiger charge is 2.33. The maximum atomic E-state index is 12.5. The fourth-order valence-corrected chi connectivity index (χ4v) is 3.87. The van der Waals surface area contributed by atoms with Crippen molar-refractivity contribution in [2.45, 2.75) is 18.9 Å². The Bertz CT molecular complexity index is 1220. The molecule has 1 saturated heterocycles. The highest BCUT2D eigenvalue weighted by atomic mass is 35.5. The zero-order chi connectivity index (χ0) is 24.7. The zero-order valence-corrected chi connectivity index (χ0v) is 18.8. The Hall–Kier alpha value is -4.28. The molecule has 1 aliphatic heterocycles. The molecule has 0 saturated carbocycles. The number of piperazine rings is 1. The third-order valence-electron chi connectivity index (χ3n) is 5.17. The molecular weight excluding hydrogens is 458 g/mol. The summed E-state index contributed by atoms with van der Waals surface area (Å²) in [5.41, 5.74) is 1.73. The molecule has 0 aliphatic carbocycles. The summed E-state index contributed by atoms with van der Waals surface area (Å²) >= 11 is 6.40. The number of carbonyl (C=O) groups excluding carboxylic acids is 3. The zero-order valence-electron chi connectivity index (χ0n) is 18.1. The second-order valence-corrected chi connectivity index (χ2v) is 7.78. The van der Waals surface area contributed by atoms with Gasteiger partial charge in [-0.1, -0.05) is 18.2 Å². The summed E-state index contributed by atoms with van der Waals surface area (Å²) < 4.78 is 0. The molecular formula is C23H20ClN7O3. The first-order valence-corrected chi connectivity index (χ1v) is 10.6. The number of halogens is 1. The van der Waals surface area contributed by atoms with Crippen molar-refractivity contribution in [1.29, 1.82) is 10.5 Å². The van der Waals surface area contributed by atoms with Gasteiger partial charge in [0.15, 0.2) is 0 Å². The molecule has 1 fully saturated rings. The van der Waals surface area contributed by atoms with Crippen LogP contribution in [0.25, 0.3) is 11.3 Å². The third kappa shape index (κ3) is 5.74. The number of benzene rings is 1. The van der Waals surface area contributed by atoms with E-state index in [9.17, 15) is 14.4 Å². The van der Waals surface area contributed by atoms with E-state index in [0.29, 0.717) is 28.4 Å². The van der Waals surface area contributed by atoms with Crippen LogP contribution in [0.4, 0.5) is 5.95 Å². The number of nitriles is 2. The first-order valence-electron chi connectivity index (χ1n) is 10.2. The van der Waals surface area contributed by atoms with Gasteiger partial charge in [-0.3, -0.25) is 19.7 Å². The quantitative estimate of drug-likeness (QED) is 0.629. The summed E-state index contributed by atoms with van der Waals surface area (Å²) in [6.07, 6.45) is 2.10. The van der Waals surface area contributed by atoms with Crippen LogP contribution < -0.4 is 5.32 Å². The number of amides is 3. The maximum Gasteiger partial charge on any atom is 0.246 e. The SMILES string of the molecule is C=CC(=O)N1CCN(C(=O)CC#N)C[C@H]1c1cc(Cl)cc(-c2ccnc(NC(=O)CC#N)n2)c1. The molecule has 11 heteroatoms. The molecule has 2 aromatic rings. The van der Waals surface area contributed by atoms with E-state index in [4.69, 9.17) is 22.1 Å². The van der Waals surface area contributed by atoms with Crippen LogP contribution in [0.5, 0.6) is 0 Å². The van der Waals surface area contributed by atoms with E-state index in [1.165, 1.54) is 12.3 Å². The minimum absolute atomic E-state index is 0.0358. The number of aromatic nitrogens is 2. The summed E-state index contributed by atoms with van der Waals surface area (Å²) in [6.45, 7) is 4.34. The van der Waals surface area contributed by atoms with E-state index in [1.54, 1.807) is 40.1 Å². The Kier molecular flexibility index (Phi) is 7.91. The smallest absolute Gasteiger partial charge is 0.246 e. The van der Waals surface area contributed by atoms with E-state index in [1.807, 2.05) is 6.07 Å². The van der Waals surface area contributed by atoms with E-state index in [-0.39, 0.29) is 43.7 Å². The van der Waals surface area contributed by atoms with Crippen molar-refractivity contribution in [2.75, 3.05) is 25.0 Å². The van der Waals surface area contributed by atoms with Crippen molar-refractivity contribution in [1.82, 2.24) is 19.8 Å². The van der Waals surface area contributed by atoms with Gasteiger partial charge in [-0.25, -0.2) is 9.97 Å². The van der Waals surface area contributed by atoms with Crippen LogP contribution in [0.2, 0.25) is 5.02 Å². The Morgan fingerprint density at radius 3 is 2.68 bits per heavy atom. The van der Waals surface area contributed by atoms with Crippen molar-refractivity contribution in [3.8, 4) is 23.4 Å². The average molecular weight is 478 g/mol. The van der Waals surface area contributed by atoms with Crippen molar-refractivity contribution < 1.29 is 14.4 Å². The first kappa shape index (κ1) is 24.4. The van der Waals surface area contributed by atoms with Crippen molar-refractivity contribution in [2.24, 2.45) is 0 Å². The van der Waals surface area contributed by atoms with Crippen molar-refractivity contribution >= 4 is 35.3 Å². The molecule has 34 heavy (non-hydrogen) atoms. The van der Waals surface area contributed by atoms with Crippen LogP contribution in [-0.4, -0.2) is 57.1 Å². The second-order valence-electron chi connectivity index (χ2n) is 7.35. The van der Waals surface area contributed by atoms with Gasteiger partial charge in [-0.2, -0.15) is 10.5 Å². The number of carbonyl (C=O) groups is 3. The molecule has 1 aromatic heterocycles. The van der Waals surface area contributed by atoms with Crippen molar-refractivity contribution in [3.05, 3.63) is 53.7 Å². The summed E-state index contributed by atoms with van der Waals surface area (Å²) in [5.74, 6) is -1.10. The summed E-state index contributed by atoms with van der Waals surface area (Å²) in [6, 6.07) is 9.90. The molecule has 0 radical (unpaired) electrons. The standard InChI is InChI=1S/C23H20ClN7O3/c1-2-21(33)31-10-9-30(22(34)4-7-26)14-19(31)16-11-15(12-17(24)13-16)18-5-8-27-23(28-18)29-20(32)3-6-25/h2,5,8,11-13,19H,1,3-4,9-10,14H2,(H,27,28,29,32)/t19-/m0/s1. The molecule has 2 heterocycles. The van der Waals surface area contributed by atoms with E-state index >= 15 is 0 Å². The normalized spacial score (nSPS) is 15.1. The number of hydrogen-bond acceptors (Lipinski definition) is 7. The minimum atomic E-state index is -0.533. The molecule has 1 aromatic carbocycles. The van der Waals surface area contributed by atoms with Crippen LogP contribution >= 0.6 is 11.6 Å². The van der Waals surface area contributed by atoms with Crippen LogP contribution in [0, 0.1) is 22.7 Å². The number of nitrogens with zero attached hydrogens (tertiary/aromatic N) is 6. The Morgan fingerprint density at radius 1 is 1.21 bits per heavy atom. The van der Waals surface area contributed by atoms with Gasteiger partial charge in [-0.15, -0.1) is 0 Å². The lowest BCUT2D eigenvalue weighted by molar-refractivity contribution is -0.139. The molecule has 0 unspecified atom stereocenters. The monoisotopic (exact) mass is 477 g/mol. The highest BCUT2D eigenvalue weighted by molar-refractivity contribution is 6.31. The van der Waals surface area contributed by atoms with Crippen LogP contribution in [-0.2, 0) is 14.4 Å².